The predicted octanol–water partition coefficient (Wildman–Crippen LogP) is 3.11. The summed E-state index contributed by atoms with van der Waals surface area (Å²) in [5.74, 6) is -0.00414. The van der Waals surface area contributed by atoms with Crippen molar-refractivity contribution in [3.63, 3.8) is 0 Å². The topological polar surface area (TPSA) is 63.9 Å². The molecule has 1 aromatic heterocycles. The van der Waals surface area contributed by atoms with E-state index < -0.39 is 0 Å². The van der Waals surface area contributed by atoms with Gasteiger partial charge in [-0.15, -0.1) is 5.10 Å². The molecule has 0 aliphatic rings. The number of anilines is 1. The SMILES string of the molecule is Cc1ccccc1-n1nnnc1S[C@H](C)C(=O)N(C)c1ccccc1. The van der Waals surface area contributed by atoms with Crippen LogP contribution in [0.1, 0.15) is 12.5 Å². The number of carbonyl (C=O) groups excluding carboxylic acids is 1. The molecule has 0 saturated carbocycles. The number of hydrogen-bond donors (Lipinski definition) is 0. The average molecular weight is 353 g/mol. The van der Waals surface area contributed by atoms with Crippen molar-refractivity contribution in [1.82, 2.24) is 20.2 Å². The number of nitrogens with zero attached hydrogens (tertiary/aromatic N) is 5. The molecule has 1 atom stereocenters. The molecule has 0 bridgehead atoms. The van der Waals surface area contributed by atoms with Gasteiger partial charge < -0.3 is 4.90 Å². The standard InChI is InChI=1S/C18H19N5OS/c1-13-9-7-8-12-16(13)23-18(19-20-21-23)25-14(2)17(24)22(3)15-10-5-4-6-11-15/h4-12,14H,1-3H3/t14-/m1/s1. The summed E-state index contributed by atoms with van der Waals surface area (Å²) in [6.45, 7) is 3.87. The van der Waals surface area contributed by atoms with Crippen molar-refractivity contribution in [3.8, 4) is 5.69 Å². The largest absolute Gasteiger partial charge is 0.315 e. The Morgan fingerprint density at radius 3 is 2.52 bits per heavy atom. The molecule has 0 saturated heterocycles. The highest BCUT2D eigenvalue weighted by atomic mass is 32.2. The lowest BCUT2D eigenvalue weighted by Crippen LogP contribution is -2.33. The van der Waals surface area contributed by atoms with Gasteiger partial charge in [-0.3, -0.25) is 4.79 Å². The minimum atomic E-state index is -0.320. The number of amides is 1. The molecule has 7 heteroatoms. The van der Waals surface area contributed by atoms with Gasteiger partial charge in [0.2, 0.25) is 11.1 Å². The summed E-state index contributed by atoms with van der Waals surface area (Å²) in [7, 11) is 1.78. The first-order valence-corrected chi connectivity index (χ1v) is 8.79. The number of hydrogen-bond acceptors (Lipinski definition) is 5. The Bertz CT molecular complexity index is 865. The van der Waals surface area contributed by atoms with Gasteiger partial charge in [-0.05, 0) is 48.0 Å². The van der Waals surface area contributed by atoms with Gasteiger partial charge in [0.25, 0.3) is 0 Å². The van der Waals surface area contributed by atoms with E-state index in [-0.39, 0.29) is 11.2 Å². The molecule has 6 nitrogen and oxygen atoms in total. The number of aryl methyl sites for hydroxylation is 1. The van der Waals surface area contributed by atoms with Crippen molar-refractivity contribution in [1.29, 1.82) is 0 Å². The molecule has 3 rings (SSSR count). The highest BCUT2D eigenvalue weighted by molar-refractivity contribution is 8.00. The number of benzene rings is 2. The number of rotatable bonds is 5. The van der Waals surface area contributed by atoms with Crippen LogP contribution in [0.3, 0.4) is 0 Å². The lowest BCUT2D eigenvalue weighted by Gasteiger charge is -2.21. The molecule has 0 spiro atoms. The third-order valence-electron chi connectivity index (χ3n) is 3.89. The molecule has 0 fully saturated rings. The number of carbonyl (C=O) groups is 1. The van der Waals surface area contributed by atoms with Crippen LogP contribution in [0.4, 0.5) is 5.69 Å². The van der Waals surface area contributed by atoms with Crippen molar-refractivity contribution >= 4 is 23.4 Å². The second-order valence-corrected chi connectivity index (χ2v) is 6.96. The van der Waals surface area contributed by atoms with Gasteiger partial charge in [-0.2, -0.15) is 4.68 Å². The zero-order valence-corrected chi connectivity index (χ0v) is 15.1. The van der Waals surface area contributed by atoms with Crippen LogP contribution < -0.4 is 4.90 Å². The maximum Gasteiger partial charge on any atom is 0.240 e. The molecule has 1 amide bonds. The van der Waals surface area contributed by atoms with Crippen molar-refractivity contribution in [2.24, 2.45) is 0 Å². The molecule has 0 aliphatic heterocycles. The summed E-state index contributed by atoms with van der Waals surface area (Å²) in [5.41, 5.74) is 2.83. The Kier molecular flexibility index (Phi) is 5.14. The number of aromatic nitrogens is 4. The van der Waals surface area contributed by atoms with E-state index in [1.807, 2.05) is 68.4 Å². The highest BCUT2D eigenvalue weighted by Crippen LogP contribution is 2.26. The first-order valence-electron chi connectivity index (χ1n) is 7.91. The quantitative estimate of drug-likeness (QED) is 0.660. The van der Waals surface area contributed by atoms with Crippen LogP contribution in [-0.2, 0) is 4.79 Å². The number of para-hydroxylation sites is 2. The van der Waals surface area contributed by atoms with E-state index in [0.29, 0.717) is 5.16 Å². The van der Waals surface area contributed by atoms with Crippen molar-refractivity contribution in [2.45, 2.75) is 24.3 Å². The molecule has 128 valence electrons. The Balaban J connectivity index is 1.78. The van der Waals surface area contributed by atoms with Crippen LogP contribution in [0, 0.1) is 6.92 Å². The highest BCUT2D eigenvalue weighted by Gasteiger charge is 2.23. The van der Waals surface area contributed by atoms with Gasteiger partial charge in [0.05, 0.1) is 10.9 Å². The van der Waals surface area contributed by atoms with Gasteiger partial charge in [0.15, 0.2) is 0 Å². The molecule has 3 aromatic rings. The molecule has 2 aromatic carbocycles. The van der Waals surface area contributed by atoms with Crippen LogP contribution in [0.5, 0.6) is 0 Å². The van der Waals surface area contributed by atoms with E-state index in [1.54, 1.807) is 16.6 Å². The summed E-state index contributed by atoms with van der Waals surface area (Å²) < 4.78 is 1.67. The zero-order chi connectivity index (χ0) is 17.8. The van der Waals surface area contributed by atoms with Crippen LogP contribution in [0.15, 0.2) is 59.8 Å². The monoisotopic (exact) mass is 353 g/mol. The molecule has 0 unspecified atom stereocenters. The van der Waals surface area contributed by atoms with Crippen molar-refractivity contribution < 1.29 is 4.79 Å². The van der Waals surface area contributed by atoms with Gasteiger partial charge in [0.1, 0.15) is 0 Å². The number of tetrazole rings is 1. The minimum Gasteiger partial charge on any atom is -0.315 e. The second kappa shape index (κ2) is 7.48. The van der Waals surface area contributed by atoms with Gasteiger partial charge in [0, 0.05) is 12.7 Å². The zero-order valence-electron chi connectivity index (χ0n) is 14.3. The van der Waals surface area contributed by atoms with Gasteiger partial charge in [-0.25, -0.2) is 0 Å². The Hall–Kier alpha value is -2.67. The van der Waals surface area contributed by atoms with E-state index >= 15 is 0 Å². The van der Waals surface area contributed by atoms with Crippen LogP contribution in [0.2, 0.25) is 0 Å². The summed E-state index contributed by atoms with van der Waals surface area (Å²) in [6, 6.07) is 17.4. The summed E-state index contributed by atoms with van der Waals surface area (Å²) in [4.78, 5) is 14.4. The van der Waals surface area contributed by atoms with Crippen LogP contribution in [-0.4, -0.2) is 38.4 Å². The maximum absolute atomic E-state index is 12.7. The molecular weight excluding hydrogens is 334 g/mol. The lowest BCUT2D eigenvalue weighted by atomic mass is 10.2. The predicted molar refractivity (Wildman–Crippen MR) is 99.1 cm³/mol. The molecule has 0 N–H and O–H groups in total. The lowest BCUT2D eigenvalue weighted by molar-refractivity contribution is -0.117. The van der Waals surface area contributed by atoms with Gasteiger partial charge in [-0.1, -0.05) is 48.2 Å². The third kappa shape index (κ3) is 3.71. The van der Waals surface area contributed by atoms with E-state index in [4.69, 9.17) is 0 Å². The fourth-order valence-electron chi connectivity index (χ4n) is 2.46. The average Bonchev–Trinajstić information content (AvgIpc) is 3.09. The molecular formula is C18H19N5OS. The minimum absolute atomic E-state index is 0.00414. The number of thioether (sulfide) groups is 1. The first-order chi connectivity index (χ1) is 12.1. The van der Waals surface area contributed by atoms with E-state index in [9.17, 15) is 4.79 Å². The molecule has 0 aliphatic carbocycles. The van der Waals surface area contributed by atoms with Crippen molar-refractivity contribution in [2.75, 3.05) is 11.9 Å². The van der Waals surface area contributed by atoms with E-state index in [1.165, 1.54) is 11.8 Å². The summed E-state index contributed by atoms with van der Waals surface area (Å²) in [5, 5.41) is 12.2. The van der Waals surface area contributed by atoms with Crippen molar-refractivity contribution in [3.05, 3.63) is 60.2 Å². The fraction of sp³-hybridized carbons (Fsp3) is 0.222. The third-order valence-corrected chi connectivity index (χ3v) is 4.91. The smallest absolute Gasteiger partial charge is 0.240 e. The van der Waals surface area contributed by atoms with Crippen LogP contribution >= 0.6 is 11.8 Å². The van der Waals surface area contributed by atoms with Gasteiger partial charge >= 0.3 is 0 Å². The van der Waals surface area contributed by atoms with E-state index in [0.717, 1.165) is 16.9 Å². The Labute approximate surface area is 150 Å². The summed E-state index contributed by atoms with van der Waals surface area (Å²) in [6.07, 6.45) is 0. The molecule has 25 heavy (non-hydrogen) atoms. The van der Waals surface area contributed by atoms with E-state index in [2.05, 4.69) is 15.5 Å². The molecule has 0 radical (unpaired) electrons. The summed E-state index contributed by atoms with van der Waals surface area (Å²) >= 11 is 1.35. The second-order valence-electron chi connectivity index (χ2n) is 5.65. The first kappa shape index (κ1) is 17.2. The fourth-order valence-corrected chi connectivity index (χ4v) is 3.36. The Morgan fingerprint density at radius 2 is 1.80 bits per heavy atom. The van der Waals surface area contributed by atoms with Crippen LogP contribution in [0.25, 0.3) is 5.69 Å². The molecule has 1 heterocycles. The maximum atomic E-state index is 12.7. The normalized spacial score (nSPS) is 12.0. The Morgan fingerprint density at radius 1 is 1.12 bits per heavy atom.